The average molecular weight is 353 g/mol. The van der Waals surface area contributed by atoms with Gasteiger partial charge >= 0.3 is 0 Å². The third-order valence-corrected chi connectivity index (χ3v) is 4.83. The molecule has 2 aromatic heterocycles. The van der Waals surface area contributed by atoms with E-state index in [9.17, 15) is 0 Å². The number of benzene rings is 1. The molecule has 3 rings (SSSR count). The van der Waals surface area contributed by atoms with Crippen molar-refractivity contribution >= 4 is 34.7 Å². The van der Waals surface area contributed by atoms with E-state index >= 15 is 0 Å². The fraction of sp³-hybridized carbons (Fsp3) is 0.143. The van der Waals surface area contributed by atoms with Gasteiger partial charge in [-0.05, 0) is 35.7 Å². The van der Waals surface area contributed by atoms with Crippen LogP contribution in [0.4, 0.5) is 0 Å². The van der Waals surface area contributed by atoms with Gasteiger partial charge in [0.15, 0.2) is 5.82 Å². The quantitative estimate of drug-likeness (QED) is 0.417. The SMILES string of the molecule is Nn1c(SCCOc2ccc(Cl)cc2)nnc1-c1cccs1. The Balaban J connectivity index is 1.53. The van der Waals surface area contributed by atoms with E-state index in [0.29, 0.717) is 22.6 Å². The number of nitrogen functional groups attached to an aromatic ring is 1. The van der Waals surface area contributed by atoms with E-state index in [4.69, 9.17) is 22.2 Å². The van der Waals surface area contributed by atoms with Gasteiger partial charge in [0.2, 0.25) is 5.16 Å². The predicted molar refractivity (Wildman–Crippen MR) is 91.2 cm³/mol. The topological polar surface area (TPSA) is 66.0 Å². The minimum atomic E-state index is 0.549. The minimum absolute atomic E-state index is 0.549. The van der Waals surface area contributed by atoms with Gasteiger partial charge in [0, 0.05) is 10.8 Å². The monoisotopic (exact) mass is 352 g/mol. The Bertz CT molecular complexity index is 728. The molecule has 0 saturated carbocycles. The molecular formula is C14H13ClN4OS2. The average Bonchev–Trinajstić information content (AvgIpc) is 3.16. The number of aromatic nitrogens is 3. The normalized spacial score (nSPS) is 10.8. The first-order valence-corrected chi connectivity index (χ1v) is 8.74. The van der Waals surface area contributed by atoms with Gasteiger partial charge < -0.3 is 10.6 Å². The second-order valence-corrected chi connectivity index (χ2v) is 6.75. The van der Waals surface area contributed by atoms with Gasteiger partial charge in [0.1, 0.15) is 5.75 Å². The number of thioether (sulfide) groups is 1. The summed E-state index contributed by atoms with van der Waals surface area (Å²) in [7, 11) is 0. The van der Waals surface area contributed by atoms with Crippen LogP contribution in [0.15, 0.2) is 46.9 Å². The van der Waals surface area contributed by atoms with Crippen LogP contribution in [-0.2, 0) is 0 Å². The summed E-state index contributed by atoms with van der Waals surface area (Å²) in [4.78, 5) is 0.999. The second kappa shape index (κ2) is 7.04. The standard InChI is InChI=1S/C14H13ClN4OS2/c15-10-3-5-11(6-4-10)20-7-9-22-14-18-17-13(19(14)16)12-2-1-8-21-12/h1-6,8H,7,9,16H2. The van der Waals surface area contributed by atoms with Crippen LogP contribution in [0.1, 0.15) is 0 Å². The van der Waals surface area contributed by atoms with Gasteiger partial charge in [-0.2, -0.15) is 0 Å². The van der Waals surface area contributed by atoms with Crippen LogP contribution >= 0.6 is 34.7 Å². The molecule has 3 aromatic rings. The molecule has 0 aliphatic heterocycles. The Kier molecular flexibility index (Phi) is 4.87. The van der Waals surface area contributed by atoms with E-state index in [1.54, 1.807) is 23.5 Å². The Morgan fingerprint density at radius 2 is 2.05 bits per heavy atom. The van der Waals surface area contributed by atoms with Crippen molar-refractivity contribution in [1.29, 1.82) is 0 Å². The summed E-state index contributed by atoms with van der Waals surface area (Å²) in [5, 5.41) is 11.6. The highest BCUT2D eigenvalue weighted by atomic mass is 35.5. The van der Waals surface area contributed by atoms with Gasteiger partial charge in [-0.25, -0.2) is 4.68 Å². The highest BCUT2D eigenvalue weighted by Crippen LogP contribution is 2.25. The van der Waals surface area contributed by atoms with Crippen LogP contribution < -0.4 is 10.6 Å². The lowest BCUT2D eigenvalue weighted by Gasteiger charge is -2.06. The Labute approximate surface area is 141 Å². The summed E-state index contributed by atoms with van der Waals surface area (Å²) in [5.74, 6) is 8.22. The minimum Gasteiger partial charge on any atom is -0.493 e. The number of hydrogen-bond acceptors (Lipinski definition) is 6. The first kappa shape index (κ1) is 15.2. The number of nitrogens with two attached hydrogens (primary N) is 1. The van der Waals surface area contributed by atoms with E-state index in [1.807, 2.05) is 29.6 Å². The molecule has 0 saturated heterocycles. The fourth-order valence-corrected chi connectivity index (χ4v) is 3.28. The molecule has 0 spiro atoms. The summed E-state index contributed by atoms with van der Waals surface area (Å²) in [5.41, 5.74) is 0. The van der Waals surface area contributed by atoms with Crippen LogP contribution in [0, 0.1) is 0 Å². The molecule has 0 aliphatic carbocycles. The van der Waals surface area contributed by atoms with Gasteiger partial charge in [-0.1, -0.05) is 29.4 Å². The van der Waals surface area contributed by atoms with Crippen LogP contribution in [0.2, 0.25) is 5.02 Å². The number of thiophene rings is 1. The molecule has 0 bridgehead atoms. The molecular weight excluding hydrogens is 340 g/mol. The number of halogens is 1. The third-order valence-electron chi connectivity index (χ3n) is 2.80. The molecule has 0 atom stereocenters. The van der Waals surface area contributed by atoms with E-state index in [2.05, 4.69) is 10.2 Å². The summed E-state index contributed by atoms with van der Waals surface area (Å²) in [6.45, 7) is 0.549. The molecule has 0 unspecified atom stereocenters. The lowest BCUT2D eigenvalue weighted by Crippen LogP contribution is -2.12. The number of hydrogen-bond donors (Lipinski definition) is 1. The lowest BCUT2D eigenvalue weighted by molar-refractivity contribution is 0.344. The molecule has 22 heavy (non-hydrogen) atoms. The smallest absolute Gasteiger partial charge is 0.210 e. The van der Waals surface area contributed by atoms with E-state index in [-0.39, 0.29) is 0 Å². The molecule has 8 heteroatoms. The number of ether oxygens (including phenoxy) is 1. The van der Waals surface area contributed by atoms with Crippen molar-refractivity contribution in [3.63, 3.8) is 0 Å². The highest BCUT2D eigenvalue weighted by molar-refractivity contribution is 7.99. The van der Waals surface area contributed by atoms with Gasteiger partial charge in [0.05, 0.1) is 11.5 Å². The summed E-state index contributed by atoms with van der Waals surface area (Å²) in [6.07, 6.45) is 0. The zero-order valence-corrected chi connectivity index (χ0v) is 13.9. The largest absolute Gasteiger partial charge is 0.493 e. The summed E-state index contributed by atoms with van der Waals surface area (Å²) >= 11 is 8.91. The Morgan fingerprint density at radius 3 is 2.77 bits per heavy atom. The second-order valence-electron chi connectivity index (χ2n) is 4.30. The highest BCUT2D eigenvalue weighted by Gasteiger charge is 2.12. The zero-order valence-electron chi connectivity index (χ0n) is 11.5. The molecule has 2 N–H and O–H groups in total. The first-order chi connectivity index (χ1) is 10.7. The van der Waals surface area contributed by atoms with Crippen molar-refractivity contribution in [2.45, 2.75) is 5.16 Å². The maximum atomic E-state index is 6.03. The molecule has 114 valence electrons. The van der Waals surface area contributed by atoms with Crippen molar-refractivity contribution in [3.05, 3.63) is 46.8 Å². The van der Waals surface area contributed by atoms with Crippen molar-refractivity contribution in [2.24, 2.45) is 0 Å². The molecule has 0 amide bonds. The van der Waals surface area contributed by atoms with E-state index in [0.717, 1.165) is 16.4 Å². The lowest BCUT2D eigenvalue weighted by atomic mass is 10.3. The molecule has 0 fully saturated rings. The third kappa shape index (κ3) is 3.55. The Hall–Kier alpha value is -1.70. The molecule has 2 heterocycles. The van der Waals surface area contributed by atoms with Crippen LogP contribution in [0.5, 0.6) is 5.75 Å². The maximum absolute atomic E-state index is 6.03. The summed E-state index contributed by atoms with van der Waals surface area (Å²) in [6, 6.07) is 11.2. The molecule has 5 nitrogen and oxygen atoms in total. The van der Waals surface area contributed by atoms with Crippen molar-refractivity contribution in [3.8, 4) is 16.5 Å². The molecule has 0 radical (unpaired) electrons. The van der Waals surface area contributed by atoms with E-state index in [1.165, 1.54) is 16.4 Å². The number of rotatable bonds is 6. The first-order valence-electron chi connectivity index (χ1n) is 6.49. The van der Waals surface area contributed by atoms with Crippen LogP contribution in [-0.4, -0.2) is 27.2 Å². The Morgan fingerprint density at radius 1 is 1.23 bits per heavy atom. The summed E-state index contributed by atoms with van der Waals surface area (Å²) < 4.78 is 7.14. The zero-order chi connectivity index (χ0) is 15.4. The van der Waals surface area contributed by atoms with Crippen LogP contribution in [0.25, 0.3) is 10.7 Å². The maximum Gasteiger partial charge on any atom is 0.210 e. The van der Waals surface area contributed by atoms with Crippen molar-refractivity contribution in [1.82, 2.24) is 14.9 Å². The van der Waals surface area contributed by atoms with Gasteiger partial charge in [-0.3, -0.25) is 0 Å². The number of nitrogens with zero attached hydrogens (tertiary/aromatic N) is 3. The molecule has 1 aromatic carbocycles. The van der Waals surface area contributed by atoms with E-state index < -0.39 is 0 Å². The van der Waals surface area contributed by atoms with Crippen molar-refractivity contribution in [2.75, 3.05) is 18.2 Å². The fourth-order valence-electron chi connectivity index (χ4n) is 1.77. The predicted octanol–water partition coefficient (Wildman–Crippen LogP) is 3.54. The van der Waals surface area contributed by atoms with Crippen molar-refractivity contribution < 1.29 is 4.74 Å². The van der Waals surface area contributed by atoms with Crippen LogP contribution in [0.3, 0.4) is 0 Å². The van der Waals surface area contributed by atoms with Gasteiger partial charge in [0.25, 0.3) is 0 Å². The molecule has 0 aliphatic rings. The van der Waals surface area contributed by atoms with Gasteiger partial charge in [-0.15, -0.1) is 21.5 Å².